The van der Waals surface area contributed by atoms with Crippen molar-refractivity contribution in [3.05, 3.63) is 36.7 Å². The van der Waals surface area contributed by atoms with Crippen LogP contribution in [0.15, 0.2) is 31.0 Å². The highest BCUT2D eigenvalue weighted by Gasteiger charge is 2.37. The Hall–Kier alpha value is -3.43. The Morgan fingerprint density at radius 1 is 1.11 bits per heavy atom. The Labute approximate surface area is 211 Å². The summed E-state index contributed by atoms with van der Waals surface area (Å²) in [5.74, 6) is 0.664. The molecule has 2 aliphatic rings. The van der Waals surface area contributed by atoms with E-state index in [0.717, 1.165) is 37.1 Å². The van der Waals surface area contributed by atoms with Gasteiger partial charge in [-0.15, -0.1) is 0 Å². The number of nitrogens with zero attached hydrogens (tertiary/aromatic N) is 7. The number of hydrogen-bond acceptors (Lipinski definition) is 7. The number of anilines is 2. The predicted molar refractivity (Wildman–Crippen MR) is 138 cm³/mol. The Morgan fingerprint density at radius 2 is 1.89 bits per heavy atom. The van der Waals surface area contributed by atoms with Gasteiger partial charge in [0.15, 0.2) is 11.5 Å². The second kappa shape index (κ2) is 9.55. The van der Waals surface area contributed by atoms with E-state index in [-0.39, 0.29) is 24.2 Å². The summed E-state index contributed by atoms with van der Waals surface area (Å²) in [4.78, 5) is 23.9. The molecule has 1 aliphatic heterocycles. The van der Waals surface area contributed by atoms with E-state index < -0.39 is 5.60 Å². The van der Waals surface area contributed by atoms with Gasteiger partial charge in [-0.2, -0.15) is 10.2 Å². The molecule has 3 aromatic rings. The number of aromatic nitrogens is 6. The van der Waals surface area contributed by atoms with Crippen LogP contribution in [0.1, 0.15) is 84.9 Å². The Balaban J connectivity index is 1.32. The smallest absolute Gasteiger partial charge is 0.410 e. The molecule has 1 amide bonds. The average Bonchev–Trinajstić information content (AvgIpc) is 3.47. The quantitative estimate of drug-likeness (QED) is 0.522. The largest absolute Gasteiger partial charge is 0.444 e. The molecule has 192 valence electrons. The van der Waals surface area contributed by atoms with Gasteiger partial charge in [0, 0.05) is 18.3 Å². The van der Waals surface area contributed by atoms with Crippen LogP contribution in [0.2, 0.25) is 0 Å². The third-order valence-electron chi connectivity index (χ3n) is 6.90. The average molecular weight is 493 g/mol. The summed E-state index contributed by atoms with van der Waals surface area (Å²) in [6.07, 6.45) is 15.5. The van der Waals surface area contributed by atoms with Crippen molar-refractivity contribution in [2.45, 2.75) is 96.9 Å². The fourth-order valence-electron chi connectivity index (χ4n) is 5.31. The third kappa shape index (κ3) is 5.08. The lowest BCUT2D eigenvalue weighted by Gasteiger charge is -2.42. The van der Waals surface area contributed by atoms with E-state index in [2.05, 4.69) is 40.4 Å². The number of piperidine rings is 1. The number of rotatable bonds is 4. The highest BCUT2D eigenvalue weighted by atomic mass is 16.6. The first-order chi connectivity index (χ1) is 17.2. The molecule has 1 N–H and O–H groups in total. The van der Waals surface area contributed by atoms with Crippen LogP contribution in [0, 0.1) is 0 Å². The van der Waals surface area contributed by atoms with Crippen LogP contribution in [-0.2, 0) is 4.74 Å². The minimum Gasteiger partial charge on any atom is -0.444 e. The van der Waals surface area contributed by atoms with E-state index in [1.807, 2.05) is 48.9 Å². The minimum absolute atomic E-state index is 0.0481. The zero-order valence-electron chi connectivity index (χ0n) is 21.8. The summed E-state index contributed by atoms with van der Waals surface area (Å²) in [6, 6.07) is 0.280. The van der Waals surface area contributed by atoms with Gasteiger partial charge in [-0.25, -0.2) is 19.3 Å². The van der Waals surface area contributed by atoms with E-state index in [1.54, 1.807) is 10.8 Å². The van der Waals surface area contributed by atoms with E-state index in [4.69, 9.17) is 9.72 Å². The summed E-state index contributed by atoms with van der Waals surface area (Å²) < 4.78 is 9.42. The Kier molecular flexibility index (Phi) is 6.44. The van der Waals surface area contributed by atoms with Crippen LogP contribution in [0.4, 0.5) is 16.3 Å². The molecule has 0 saturated carbocycles. The highest BCUT2D eigenvalue weighted by Crippen LogP contribution is 2.33. The number of fused-ring (bicyclic) bond motifs is 1. The Morgan fingerprint density at radius 3 is 2.58 bits per heavy atom. The van der Waals surface area contributed by atoms with E-state index in [1.165, 1.54) is 18.4 Å². The fraction of sp³-hybridized carbons (Fsp3) is 0.577. The zero-order chi connectivity index (χ0) is 25.4. The van der Waals surface area contributed by atoms with Gasteiger partial charge in [0.2, 0.25) is 0 Å². The number of nitrogens with one attached hydrogen (secondary N) is 1. The van der Waals surface area contributed by atoms with Crippen molar-refractivity contribution in [1.29, 1.82) is 0 Å². The predicted octanol–water partition coefficient (Wildman–Crippen LogP) is 5.37. The molecular formula is C26H36N8O2. The number of carbonyl (C=O) groups excluding carboxylic acids is 1. The van der Waals surface area contributed by atoms with Gasteiger partial charge < -0.3 is 15.0 Å². The van der Waals surface area contributed by atoms with E-state index in [0.29, 0.717) is 11.5 Å². The first-order valence-corrected chi connectivity index (χ1v) is 12.9. The number of ether oxygens (including phenoxy) is 1. The molecule has 0 spiro atoms. The van der Waals surface area contributed by atoms with Crippen molar-refractivity contribution >= 4 is 28.8 Å². The van der Waals surface area contributed by atoms with Gasteiger partial charge >= 0.3 is 6.09 Å². The van der Waals surface area contributed by atoms with Crippen LogP contribution in [0.25, 0.3) is 11.2 Å². The lowest BCUT2D eigenvalue weighted by atomic mass is 9.93. The molecule has 4 heterocycles. The Bertz CT molecular complexity index is 1260. The fourth-order valence-corrected chi connectivity index (χ4v) is 5.31. The van der Waals surface area contributed by atoms with Gasteiger partial charge in [-0.3, -0.25) is 4.68 Å². The second-order valence-electron chi connectivity index (χ2n) is 11.0. The van der Waals surface area contributed by atoms with Gasteiger partial charge in [-0.05, 0) is 78.7 Å². The molecule has 10 nitrogen and oxygen atoms in total. The van der Waals surface area contributed by atoms with Crippen molar-refractivity contribution in [1.82, 2.24) is 34.3 Å². The number of amides is 1. The van der Waals surface area contributed by atoms with Crippen LogP contribution in [0.5, 0.6) is 0 Å². The SMILES string of the molecule is CC1CC(n2cc(Nc3nc(C4=CCCCC4)cn4ncnc34)cn2)CC(C)N1C(=O)OC(C)(C)C. The van der Waals surface area contributed by atoms with Gasteiger partial charge in [0.05, 0.1) is 29.8 Å². The molecule has 0 aromatic carbocycles. The number of allylic oxidation sites excluding steroid dienone is 2. The highest BCUT2D eigenvalue weighted by molar-refractivity contribution is 5.73. The normalized spacial score (nSPS) is 23.0. The molecule has 36 heavy (non-hydrogen) atoms. The third-order valence-corrected chi connectivity index (χ3v) is 6.90. The van der Waals surface area contributed by atoms with Crippen molar-refractivity contribution in [2.75, 3.05) is 5.32 Å². The van der Waals surface area contributed by atoms with E-state index >= 15 is 0 Å². The molecule has 5 rings (SSSR count). The first kappa shape index (κ1) is 24.3. The maximum atomic E-state index is 12.8. The summed E-state index contributed by atoms with van der Waals surface area (Å²) in [5.41, 5.74) is 3.20. The molecule has 2 atom stereocenters. The zero-order valence-corrected chi connectivity index (χ0v) is 21.8. The molecule has 0 radical (unpaired) electrons. The molecule has 1 aliphatic carbocycles. The number of hydrogen-bond donors (Lipinski definition) is 1. The van der Waals surface area contributed by atoms with Crippen LogP contribution in [-0.4, -0.2) is 58.0 Å². The van der Waals surface area contributed by atoms with Gasteiger partial charge in [0.1, 0.15) is 11.9 Å². The minimum atomic E-state index is -0.509. The summed E-state index contributed by atoms with van der Waals surface area (Å²) in [5, 5.41) is 12.4. The molecular weight excluding hydrogens is 456 g/mol. The van der Waals surface area contributed by atoms with Crippen LogP contribution in [0.3, 0.4) is 0 Å². The van der Waals surface area contributed by atoms with Gasteiger partial charge in [0.25, 0.3) is 0 Å². The maximum absolute atomic E-state index is 12.8. The van der Waals surface area contributed by atoms with Crippen molar-refractivity contribution in [3.63, 3.8) is 0 Å². The van der Waals surface area contributed by atoms with E-state index in [9.17, 15) is 4.79 Å². The number of likely N-dealkylation sites (tertiary alicyclic amines) is 1. The molecule has 1 saturated heterocycles. The molecule has 0 bridgehead atoms. The molecule has 1 fully saturated rings. The number of carbonyl (C=O) groups is 1. The van der Waals surface area contributed by atoms with Crippen molar-refractivity contribution < 1.29 is 9.53 Å². The topological polar surface area (TPSA) is 102 Å². The molecule has 10 heteroatoms. The monoisotopic (exact) mass is 492 g/mol. The van der Waals surface area contributed by atoms with Crippen molar-refractivity contribution in [2.24, 2.45) is 0 Å². The maximum Gasteiger partial charge on any atom is 0.410 e. The second-order valence-corrected chi connectivity index (χ2v) is 11.0. The van der Waals surface area contributed by atoms with Crippen LogP contribution >= 0.6 is 0 Å². The first-order valence-electron chi connectivity index (χ1n) is 12.9. The van der Waals surface area contributed by atoms with Gasteiger partial charge in [-0.1, -0.05) is 6.08 Å². The standard InChI is InChI=1S/C26H36N8O2/c1-17-11-21(12-18(2)34(17)25(35)36-26(3,4)5)32-14-20(13-28-32)30-23-24-27-16-29-33(24)15-22(31-23)19-9-7-6-8-10-19/h9,13-18,21H,6-8,10-12H2,1-5H3,(H,30,31). The summed E-state index contributed by atoms with van der Waals surface area (Å²) in [7, 11) is 0. The molecule has 3 aromatic heterocycles. The summed E-state index contributed by atoms with van der Waals surface area (Å²) >= 11 is 0. The molecule has 2 unspecified atom stereocenters. The van der Waals surface area contributed by atoms with Crippen molar-refractivity contribution in [3.8, 4) is 0 Å². The summed E-state index contributed by atoms with van der Waals surface area (Å²) in [6.45, 7) is 9.85. The lowest BCUT2D eigenvalue weighted by molar-refractivity contribution is -0.00692. The lowest BCUT2D eigenvalue weighted by Crippen LogP contribution is -2.51. The van der Waals surface area contributed by atoms with Crippen LogP contribution < -0.4 is 5.32 Å².